The lowest BCUT2D eigenvalue weighted by Crippen LogP contribution is -2.24. The summed E-state index contributed by atoms with van der Waals surface area (Å²) >= 11 is 1.27. The van der Waals surface area contributed by atoms with Crippen molar-refractivity contribution in [3.8, 4) is 0 Å². The van der Waals surface area contributed by atoms with Gasteiger partial charge in [-0.1, -0.05) is 36.9 Å². The highest BCUT2D eigenvalue weighted by molar-refractivity contribution is 8.00. The fourth-order valence-corrected chi connectivity index (χ4v) is 2.86. The van der Waals surface area contributed by atoms with Crippen molar-refractivity contribution in [2.24, 2.45) is 0 Å². The number of amides is 1. The molecule has 1 unspecified atom stereocenters. The number of aromatic amines is 1. The Morgan fingerprint density at radius 2 is 2.18 bits per heavy atom. The molecule has 1 heterocycles. The van der Waals surface area contributed by atoms with Crippen LogP contribution in [0.15, 0.2) is 34.2 Å². The Hall–Kier alpha value is -2.02. The van der Waals surface area contributed by atoms with Gasteiger partial charge in [-0.25, -0.2) is 9.89 Å². The zero-order valence-electron chi connectivity index (χ0n) is 12.9. The lowest BCUT2D eigenvalue weighted by Gasteiger charge is -2.13. The number of nitrogens with zero attached hydrogens (tertiary/aromatic N) is 2. The molecule has 1 amide bonds. The SMILES string of the molecule is CCCn1c(SC(C)C(=O)Nc2ccccc2C)n[nH]c1=O. The third kappa shape index (κ3) is 3.79. The zero-order valence-corrected chi connectivity index (χ0v) is 13.7. The van der Waals surface area contributed by atoms with Gasteiger partial charge in [-0.3, -0.25) is 9.36 Å². The molecule has 1 aromatic heterocycles. The van der Waals surface area contributed by atoms with E-state index in [1.165, 1.54) is 11.8 Å². The van der Waals surface area contributed by atoms with E-state index in [-0.39, 0.29) is 16.8 Å². The zero-order chi connectivity index (χ0) is 16.1. The van der Waals surface area contributed by atoms with Gasteiger partial charge in [-0.15, -0.1) is 5.10 Å². The average molecular weight is 320 g/mol. The first kappa shape index (κ1) is 16.4. The van der Waals surface area contributed by atoms with E-state index in [1.807, 2.05) is 38.1 Å². The minimum Gasteiger partial charge on any atom is -0.325 e. The number of anilines is 1. The summed E-state index contributed by atoms with van der Waals surface area (Å²) in [4.78, 5) is 23.9. The molecule has 1 atom stereocenters. The van der Waals surface area contributed by atoms with Gasteiger partial charge in [0.1, 0.15) is 0 Å². The Morgan fingerprint density at radius 1 is 1.45 bits per heavy atom. The Labute approximate surface area is 133 Å². The molecule has 7 heteroatoms. The van der Waals surface area contributed by atoms with Gasteiger partial charge in [-0.05, 0) is 31.9 Å². The highest BCUT2D eigenvalue weighted by atomic mass is 32.2. The Morgan fingerprint density at radius 3 is 2.86 bits per heavy atom. The third-order valence-electron chi connectivity index (χ3n) is 3.22. The second-order valence-corrected chi connectivity index (χ2v) is 6.34. The largest absolute Gasteiger partial charge is 0.343 e. The minimum absolute atomic E-state index is 0.113. The molecule has 0 radical (unpaired) electrons. The molecule has 1 aromatic carbocycles. The highest BCUT2D eigenvalue weighted by Crippen LogP contribution is 2.22. The van der Waals surface area contributed by atoms with E-state index in [2.05, 4.69) is 15.5 Å². The number of aromatic nitrogens is 3. The molecule has 0 bridgehead atoms. The summed E-state index contributed by atoms with van der Waals surface area (Å²) in [5.74, 6) is -0.113. The number of rotatable bonds is 6. The maximum Gasteiger partial charge on any atom is 0.343 e. The fraction of sp³-hybridized carbons (Fsp3) is 0.400. The smallest absolute Gasteiger partial charge is 0.325 e. The van der Waals surface area contributed by atoms with Crippen LogP contribution >= 0.6 is 11.8 Å². The second-order valence-electron chi connectivity index (χ2n) is 5.03. The standard InChI is InChI=1S/C15H20N4O2S/c1-4-9-19-14(21)17-18-15(19)22-11(3)13(20)16-12-8-6-5-7-10(12)2/h5-8,11H,4,9H2,1-3H3,(H,16,20)(H,17,21). The predicted octanol–water partition coefficient (Wildman–Crippen LogP) is 2.41. The number of hydrogen-bond donors (Lipinski definition) is 2. The Kier molecular flexibility index (Phi) is 5.43. The van der Waals surface area contributed by atoms with E-state index in [1.54, 1.807) is 11.5 Å². The average Bonchev–Trinajstić information content (AvgIpc) is 2.83. The summed E-state index contributed by atoms with van der Waals surface area (Å²) in [6.07, 6.45) is 0.830. The van der Waals surface area contributed by atoms with Gasteiger partial charge in [0.15, 0.2) is 5.16 Å². The first-order chi connectivity index (χ1) is 10.5. The van der Waals surface area contributed by atoms with Crippen molar-refractivity contribution in [2.75, 3.05) is 5.32 Å². The van der Waals surface area contributed by atoms with E-state index in [9.17, 15) is 9.59 Å². The third-order valence-corrected chi connectivity index (χ3v) is 4.31. The molecular formula is C15H20N4O2S. The van der Waals surface area contributed by atoms with Crippen molar-refractivity contribution in [3.05, 3.63) is 40.3 Å². The molecule has 0 saturated heterocycles. The van der Waals surface area contributed by atoms with Gasteiger partial charge >= 0.3 is 5.69 Å². The number of thioether (sulfide) groups is 1. The van der Waals surface area contributed by atoms with Crippen LogP contribution in [-0.4, -0.2) is 25.9 Å². The van der Waals surface area contributed by atoms with Crippen LogP contribution in [-0.2, 0) is 11.3 Å². The maximum atomic E-state index is 12.3. The van der Waals surface area contributed by atoms with Gasteiger partial charge in [0.2, 0.25) is 5.91 Å². The van der Waals surface area contributed by atoms with Gasteiger partial charge in [-0.2, -0.15) is 0 Å². The minimum atomic E-state index is -0.356. The van der Waals surface area contributed by atoms with Crippen LogP contribution < -0.4 is 11.0 Å². The molecule has 0 spiro atoms. The molecule has 118 valence electrons. The Bertz CT molecular complexity index is 708. The van der Waals surface area contributed by atoms with Crippen molar-refractivity contribution in [2.45, 2.75) is 44.1 Å². The van der Waals surface area contributed by atoms with E-state index in [0.29, 0.717) is 11.7 Å². The van der Waals surface area contributed by atoms with Crippen LogP contribution in [0.3, 0.4) is 0 Å². The highest BCUT2D eigenvalue weighted by Gasteiger charge is 2.19. The van der Waals surface area contributed by atoms with E-state index in [0.717, 1.165) is 17.7 Å². The second kappa shape index (κ2) is 7.31. The normalized spacial score (nSPS) is 12.1. The number of aryl methyl sites for hydroxylation is 1. The molecule has 0 fully saturated rings. The monoisotopic (exact) mass is 320 g/mol. The summed E-state index contributed by atoms with van der Waals surface area (Å²) < 4.78 is 1.56. The van der Waals surface area contributed by atoms with Crippen molar-refractivity contribution in [1.29, 1.82) is 0 Å². The predicted molar refractivity (Wildman–Crippen MR) is 88.3 cm³/mol. The quantitative estimate of drug-likeness (QED) is 0.801. The van der Waals surface area contributed by atoms with Crippen LogP contribution in [0.2, 0.25) is 0 Å². The molecule has 2 aromatic rings. The molecule has 0 aliphatic heterocycles. The van der Waals surface area contributed by atoms with Gasteiger partial charge in [0.05, 0.1) is 5.25 Å². The number of benzene rings is 1. The van der Waals surface area contributed by atoms with E-state index in [4.69, 9.17) is 0 Å². The molecule has 2 N–H and O–H groups in total. The van der Waals surface area contributed by atoms with Crippen molar-refractivity contribution in [3.63, 3.8) is 0 Å². The van der Waals surface area contributed by atoms with Crippen molar-refractivity contribution < 1.29 is 4.79 Å². The van der Waals surface area contributed by atoms with E-state index >= 15 is 0 Å². The number of carbonyl (C=O) groups excluding carboxylic acids is 1. The van der Waals surface area contributed by atoms with Gasteiger partial charge < -0.3 is 5.32 Å². The molecule has 0 saturated carbocycles. The molecule has 0 aliphatic carbocycles. The molecule has 2 rings (SSSR count). The molecule has 0 aliphatic rings. The van der Waals surface area contributed by atoms with E-state index < -0.39 is 0 Å². The molecular weight excluding hydrogens is 300 g/mol. The topological polar surface area (TPSA) is 79.8 Å². The Balaban J connectivity index is 2.06. The summed E-state index contributed by atoms with van der Waals surface area (Å²) in [5.41, 5.74) is 1.57. The number of nitrogens with one attached hydrogen (secondary N) is 2. The first-order valence-electron chi connectivity index (χ1n) is 7.21. The summed E-state index contributed by atoms with van der Waals surface area (Å²) in [6, 6.07) is 7.62. The van der Waals surface area contributed by atoms with Crippen LogP contribution in [0.5, 0.6) is 0 Å². The summed E-state index contributed by atoms with van der Waals surface area (Å²) in [5, 5.41) is 9.51. The van der Waals surface area contributed by atoms with Crippen molar-refractivity contribution >= 4 is 23.4 Å². The lowest BCUT2D eigenvalue weighted by molar-refractivity contribution is -0.115. The van der Waals surface area contributed by atoms with Crippen LogP contribution in [0.1, 0.15) is 25.8 Å². The number of hydrogen-bond acceptors (Lipinski definition) is 4. The molecule has 22 heavy (non-hydrogen) atoms. The summed E-state index contributed by atoms with van der Waals surface area (Å²) in [6.45, 7) is 6.32. The fourth-order valence-electron chi connectivity index (χ4n) is 1.97. The molecule has 6 nitrogen and oxygen atoms in total. The lowest BCUT2D eigenvalue weighted by atomic mass is 10.2. The van der Waals surface area contributed by atoms with Crippen molar-refractivity contribution in [1.82, 2.24) is 14.8 Å². The van der Waals surface area contributed by atoms with Gasteiger partial charge in [0, 0.05) is 12.2 Å². The first-order valence-corrected chi connectivity index (χ1v) is 8.09. The summed E-state index contributed by atoms with van der Waals surface area (Å²) in [7, 11) is 0. The number of carbonyl (C=O) groups is 1. The van der Waals surface area contributed by atoms with Crippen LogP contribution in [0.4, 0.5) is 5.69 Å². The maximum absolute atomic E-state index is 12.3. The van der Waals surface area contributed by atoms with Crippen LogP contribution in [0, 0.1) is 6.92 Å². The number of H-pyrrole nitrogens is 1. The van der Waals surface area contributed by atoms with Gasteiger partial charge in [0.25, 0.3) is 0 Å². The number of para-hydroxylation sites is 1. The van der Waals surface area contributed by atoms with Crippen LogP contribution in [0.25, 0.3) is 0 Å².